The van der Waals surface area contributed by atoms with E-state index in [0.29, 0.717) is 0 Å². The molecule has 1 aliphatic heterocycles. The van der Waals surface area contributed by atoms with Gasteiger partial charge in [0, 0.05) is 31.4 Å². The Morgan fingerprint density at radius 2 is 1.81 bits per heavy atom. The minimum Gasteiger partial charge on any atom is -0.378 e. The fraction of sp³-hybridized carbons (Fsp3) is 0.350. The van der Waals surface area contributed by atoms with Crippen LogP contribution in [0.2, 0.25) is 0 Å². The van der Waals surface area contributed by atoms with Crippen molar-refractivity contribution in [3.63, 3.8) is 0 Å². The molecule has 0 saturated carbocycles. The van der Waals surface area contributed by atoms with Crippen molar-refractivity contribution in [3.8, 4) is 10.6 Å². The third kappa shape index (κ3) is 3.76. The highest BCUT2D eigenvalue weighted by molar-refractivity contribution is 7.15. The molecule has 0 aliphatic carbocycles. The molecule has 0 radical (unpaired) electrons. The highest BCUT2D eigenvalue weighted by Crippen LogP contribution is 2.28. The molecular weight excluding hydrogens is 344 g/mol. The minimum absolute atomic E-state index is 0.730. The van der Waals surface area contributed by atoms with Crippen LogP contribution in [0.5, 0.6) is 0 Å². The first-order chi connectivity index (χ1) is 12.7. The molecule has 0 N–H and O–H groups in total. The molecule has 3 aromatic rings. The van der Waals surface area contributed by atoms with Gasteiger partial charge in [0.2, 0.25) is 0 Å². The molecule has 134 valence electrons. The first kappa shape index (κ1) is 17.1. The second kappa shape index (κ2) is 7.51. The highest BCUT2D eigenvalue weighted by Gasteiger charge is 2.12. The number of hydrogen-bond acceptors (Lipinski definition) is 6. The van der Waals surface area contributed by atoms with Crippen molar-refractivity contribution in [1.82, 2.24) is 15.0 Å². The van der Waals surface area contributed by atoms with Crippen molar-refractivity contribution >= 4 is 17.0 Å². The molecule has 1 saturated heterocycles. The summed E-state index contributed by atoms with van der Waals surface area (Å²) < 4.78 is 5.42. The third-order valence-corrected chi connectivity index (χ3v) is 5.61. The first-order valence-electron chi connectivity index (χ1n) is 8.87. The molecule has 0 atom stereocenters. The number of aromatic nitrogens is 3. The van der Waals surface area contributed by atoms with Crippen LogP contribution in [0.4, 0.5) is 5.69 Å². The van der Waals surface area contributed by atoms with Crippen molar-refractivity contribution in [2.45, 2.75) is 20.3 Å². The standard InChI is InChI=1S/C20H22N4OS/c1-14-20(26-15(2)22-14)18-7-8-21-19(23-18)13-16-3-5-17(6-4-16)24-9-11-25-12-10-24/h3-8H,9-13H2,1-2H3. The lowest BCUT2D eigenvalue weighted by molar-refractivity contribution is 0.122. The van der Waals surface area contributed by atoms with Gasteiger partial charge < -0.3 is 9.64 Å². The smallest absolute Gasteiger partial charge is 0.133 e. The normalized spacial score (nSPS) is 14.6. The van der Waals surface area contributed by atoms with Crippen LogP contribution in [0.15, 0.2) is 36.5 Å². The van der Waals surface area contributed by atoms with Crippen LogP contribution >= 0.6 is 11.3 Å². The summed E-state index contributed by atoms with van der Waals surface area (Å²) in [5, 5.41) is 1.07. The number of hydrogen-bond donors (Lipinski definition) is 0. The predicted molar refractivity (Wildman–Crippen MR) is 105 cm³/mol. The Bertz CT molecular complexity index is 885. The molecule has 1 fully saturated rings. The van der Waals surface area contributed by atoms with Crippen LogP contribution in [-0.2, 0) is 11.2 Å². The lowest BCUT2D eigenvalue weighted by atomic mass is 10.1. The number of aryl methyl sites for hydroxylation is 2. The fourth-order valence-electron chi connectivity index (χ4n) is 3.21. The summed E-state index contributed by atoms with van der Waals surface area (Å²) in [5.41, 5.74) is 4.47. The zero-order chi connectivity index (χ0) is 17.9. The number of anilines is 1. The van der Waals surface area contributed by atoms with Crippen molar-refractivity contribution < 1.29 is 4.74 Å². The van der Waals surface area contributed by atoms with Crippen LogP contribution in [0.3, 0.4) is 0 Å². The van der Waals surface area contributed by atoms with E-state index in [2.05, 4.69) is 39.1 Å². The Balaban J connectivity index is 1.50. The Labute approximate surface area is 157 Å². The summed E-state index contributed by atoms with van der Waals surface area (Å²) in [7, 11) is 0. The van der Waals surface area contributed by atoms with Crippen LogP contribution < -0.4 is 4.90 Å². The topological polar surface area (TPSA) is 51.1 Å². The van der Waals surface area contributed by atoms with E-state index in [0.717, 1.165) is 59.8 Å². The van der Waals surface area contributed by atoms with E-state index in [9.17, 15) is 0 Å². The molecule has 0 bridgehead atoms. The van der Waals surface area contributed by atoms with Crippen molar-refractivity contribution in [1.29, 1.82) is 0 Å². The van der Waals surface area contributed by atoms with Crippen LogP contribution in [-0.4, -0.2) is 41.3 Å². The largest absolute Gasteiger partial charge is 0.378 e. The second-order valence-electron chi connectivity index (χ2n) is 6.45. The van der Waals surface area contributed by atoms with Gasteiger partial charge in [0.1, 0.15) is 5.82 Å². The molecule has 0 spiro atoms. The Kier molecular flexibility index (Phi) is 4.95. The van der Waals surface area contributed by atoms with Crippen molar-refractivity contribution in [2.75, 3.05) is 31.2 Å². The monoisotopic (exact) mass is 366 g/mol. The van der Waals surface area contributed by atoms with Gasteiger partial charge in [-0.25, -0.2) is 15.0 Å². The van der Waals surface area contributed by atoms with Gasteiger partial charge in [-0.1, -0.05) is 12.1 Å². The van der Waals surface area contributed by atoms with Gasteiger partial charge in [0.05, 0.1) is 34.5 Å². The van der Waals surface area contributed by atoms with Gasteiger partial charge in [-0.15, -0.1) is 11.3 Å². The maximum absolute atomic E-state index is 5.42. The molecular formula is C20H22N4OS. The van der Waals surface area contributed by atoms with E-state index < -0.39 is 0 Å². The fourth-order valence-corrected chi connectivity index (χ4v) is 4.10. The Morgan fingerprint density at radius 3 is 2.50 bits per heavy atom. The van der Waals surface area contributed by atoms with Gasteiger partial charge in [0.25, 0.3) is 0 Å². The Hall–Kier alpha value is -2.31. The minimum atomic E-state index is 0.730. The maximum Gasteiger partial charge on any atom is 0.133 e. The summed E-state index contributed by atoms with van der Waals surface area (Å²) in [4.78, 5) is 17.2. The maximum atomic E-state index is 5.42. The zero-order valence-corrected chi connectivity index (χ0v) is 15.9. The first-order valence-corrected chi connectivity index (χ1v) is 9.68. The summed E-state index contributed by atoms with van der Waals surface area (Å²) in [6.07, 6.45) is 2.57. The molecule has 2 aromatic heterocycles. The van der Waals surface area contributed by atoms with Crippen LogP contribution in [0.25, 0.3) is 10.6 Å². The average molecular weight is 366 g/mol. The molecule has 1 aromatic carbocycles. The molecule has 6 heteroatoms. The molecule has 3 heterocycles. The summed E-state index contributed by atoms with van der Waals surface area (Å²) >= 11 is 1.68. The predicted octanol–water partition coefficient (Wildman–Crippen LogP) is 3.64. The van der Waals surface area contributed by atoms with E-state index in [-0.39, 0.29) is 0 Å². The number of ether oxygens (including phenoxy) is 1. The van der Waals surface area contributed by atoms with E-state index in [1.807, 2.05) is 26.1 Å². The van der Waals surface area contributed by atoms with E-state index >= 15 is 0 Å². The number of thiazole rings is 1. The quantitative estimate of drug-likeness (QED) is 0.705. The summed E-state index contributed by atoms with van der Waals surface area (Å²) in [6, 6.07) is 10.7. The SMILES string of the molecule is Cc1nc(C)c(-c2ccnc(Cc3ccc(N4CCOCC4)cc3)n2)s1. The van der Waals surface area contributed by atoms with Gasteiger partial charge in [-0.3, -0.25) is 0 Å². The van der Waals surface area contributed by atoms with Crippen LogP contribution in [0, 0.1) is 13.8 Å². The van der Waals surface area contributed by atoms with E-state index in [4.69, 9.17) is 9.72 Å². The third-order valence-electron chi connectivity index (χ3n) is 4.52. The number of rotatable bonds is 4. The molecule has 5 nitrogen and oxygen atoms in total. The lowest BCUT2D eigenvalue weighted by Gasteiger charge is -2.28. The second-order valence-corrected chi connectivity index (χ2v) is 7.65. The summed E-state index contributed by atoms with van der Waals surface area (Å²) in [5.74, 6) is 0.840. The highest BCUT2D eigenvalue weighted by atomic mass is 32.1. The number of benzene rings is 1. The molecule has 26 heavy (non-hydrogen) atoms. The van der Waals surface area contributed by atoms with Gasteiger partial charge in [0.15, 0.2) is 0 Å². The van der Waals surface area contributed by atoms with Gasteiger partial charge in [-0.05, 0) is 37.6 Å². The van der Waals surface area contributed by atoms with Crippen LogP contribution in [0.1, 0.15) is 22.1 Å². The number of morpholine rings is 1. The molecule has 0 amide bonds. The van der Waals surface area contributed by atoms with E-state index in [1.54, 1.807) is 11.3 Å². The average Bonchev–Trinajstić information content (AvgIpc) is 3.01. The molecule has 0 unspecified atom stereocenters. The zero-order valence-electron chi connectivity index (χ0n) is 15.1. The Morgan fingerprint density at radius 1 is 1.04 bits per heavy atom. The van der Waals surface area contributed by atoms with Gasteiger partial charge >= 0.3 is 0 Å². The number of nitrogens with zero attached hydrogens (tertiary/aromatic N) is 4. The van der Waals surface area contributed by atoms with Gasteiger partial charge in [-0.2, -0.15) is 0 Å². The summed E-state index contributed by atoms with van der Waals surface area (Å²) in [6.45, 7) is 7.58. The van der Waals surface area contributed by atoms with E-state index in [1.165, 1.54) is 11.3 Å². The van der Waals surface area contributed by atoms with Crippen molar-refractivity contribution in [2.24, 2.45) is 0 Å². The van der Waals surface area contributed by atoms with Crippen molar-refractivity contribution in [3.05, 3.63) is 58.6 Å². The molecule has 1 aliphatic rings. The lowest BCUT2D eigenvalue weighted by Crippen LogP contribution is -2.36. The molecule has 4 rings (SSSR count).